The van der Waals surface area contributed by atoms with Gasteiger partial charge >= 0.3 is 0 Å². The number of rotatable bonds is 7. The average molecular weight is 495 g/mol. The van der Waals surface area contributed by atoms with Gasteiger partial charge in [-0.05, 0) is 24.1 Å². The third-order valence-corrected chi connectivity index (χ3v) is 7.29. The van der Waals surface area contributed by atoms with Crippen LogP contribution in [0.2, 0.25) is 0 Å². The van der Waals surface area contributed by atoms with Crippen LogP contribution >= 0.6 is 50.9 Å². The Hall–Kier alpha value is -1.27. The normalized spacial score (nSPS) is 18.6. The summed E-state index contributed by atoms with van der Waals surface area (Å²) in [7, 11) is 0. The third kappa shape index (κ3) is 4.33. The monoisotopic (exact) mass is 493 g/mol. The highest BCUT2D eigenvalue weighted by Crippen LogP contribution is 2.63. The Morgan fingerprint density at radius 2 is 1.89 bits per heavy atom. The summed E-state index contributed by atoms with van der Waals surface area (Å²) in [6.45, 7) is 4.43. The van der Waals surface area contributed by atoms with E-state index >= 15 is 0 Å². The summed E-state index contributed by atoms with van der Waals surface area (Å²) in [6, 6.07) is 18.4. The second-order valence-corrected chi connectivity index (χ2v) is 10.3. The second kappa shape index (κ2) is 8.23. The summed E-state index contributed by atoms with van der Waals surface area (Å²) in [6.07, 6.45) is 2.60. The molecule has 1 fully saturated rings. The zero-order chi connectivity index (χ0) is 19.7. The highest BCUT2D eigenvalue weighted by atomic mass is 79.9. The molecule has 4 rings (SSSR count). The van der Waals surface area contributed by atoms with Crippen LogP contribution in [0.25, 0.3) is 11.4 Å². The van der Waals surface area contributed by atoms with E-state index in [1.165, 1.54) is 5.56 Å². The molecular formula is C21H18BrCl2N3S. The van der Waals surface area contributed by atoms with Crippen molar-refractivity contribution in [3.8, 4) is 11.4 Å². The van der Waals surface area contributed by atoms with Crippen LogP contribution in [-0.4, -0.2) is 19.1 Å². The summed E-state index contributed by atoms with van der Waals surface area (Å²) in [5.74, 6) is 0.992. The predicted octanol–water partition coefficient (Wildman–Crippen LogP) is 6.92. The molecule has 3 nitrogen and oxygen atoms in total. The van der Waals surface area contributed by atoms with Crippen molar-refractivity contribution < 1.29 is 0 Å². The van der Waals surface area contributed by atoms with E-state index in [4.69, 9.17) is 33.3 Å². The third-order valence-electron chi connectivity index (χ3n) is 4.66. The Bertz CT molecular complexity index is 973. The molecule has 2 unspecified atom stereocenters. The quantitative estimate of drug-likeness (QED) is 0.203. The molecule has 0 bridgehead atoms. The Kier molecular flexibility index (Phi) is 5.88. The van der Waals surface area contributed by atoms with Gasteiger partial charge in [-0.1, -0.05) is 76.2 Å². The van der Waals surface area contributed by atoms with Crippen molar-refractivity contribution in [2.45, 2.75) is 27.7 Å². The molecule has 2 aromatic carbocycles. The molecule has 1 saturated carbocycles. The van der Waals surface area contributed by atoms with Gasteiger partial charge in [-0.15, -0.1) is 34.9 Å². The van der Waals surface area contributed by atoms with Gasteiger partial charge in [0.2, 0.25) is 5.16 Å². The topological polar surface area (TPSA) is 30.7 Å². The lowest BCUT2D eigenvalue weighted by atomic mass is 10.1. The molecule has 1 heterocycles. The van der Waals surface area contributed by atoms with Crippen LogP contribution in [0.5, 0.6) is 0 Å². The number of hydrogen-bond donors (Lipinski definition) is 0. The molecule has 1 aliphatic rings. The molecule has 28 heavy (non-hydrogen) atoms. The van der Waals surface area contributed by atoms with Crippen LogP contribution in [0.1, 0.15) is 17.2 Å². The van der Waals surface area contributed by atoms with Crippen molar-refractivity contribution in [3.63, 3.8) is 0 Å². The van der Waals surface area contributed by atoms with Crippen molar-refractivity contribution in [1.29, 1.82) is 0 Å². The van der Waals surface area contributed by atoms with Crippen LogP contribution < -0.4 is 0 Å². The van der Waals surface area contributed by atoms with Crippen LogP contribution in [-0.2, 0) is 6.54 Å². The maximum atomic E-state index is 6.40. The second-order valence-electron chi connectivity index (χ2n) is 6.72. The Labute approximate surface area is 187 Å². The molecule has 0 aliphatic heterocycles. The van der Waals surface area contributed by atoms with E-state index in [2.05, 4.69) is 34.6 Å². The zero-order valence-corrected chi connectivity index (χ0v) is 18.8. The highest BCUT2D eigenvalue weighted by Gasteiger charge is 2.56. The number of hydrogen-bond acceptors (Lipinski definition) is 3. The van der Waals surface area contributed by atoms with E-state index < -0.39 is 4.33 Å². The average Bonchev–Trinajstić information content (AvgIpc) is 3.13. The van der Waals surface area contributed by atoms with Crippen molar-refractivity contribution in [3.05, 3.63) is 77.3 Å². The van der Waals surface area contributed by atoms with Gasteiger partial charge in [0.15, 0.2) is 5.82 Å². The first-order valence-electron chi connectivity index (χ1n) is 8.89. The summed E-state index contributed by atoms with van der Waals surface area (Å²) in [4.78, 5) is 4.82. The summed E-state index contributed by atoms with van der Waals surface area (Å²) >= 11 is 17.9. The van der Waals surface area contributed by atoms with E-state index in [-0.39, 0.29) is 11.2 Å². The van der Waals surface area contributed by atoms with Gasteiger partial charge in [-0.3, -0.25) is 0 Å². The molecule has 1 aliphatic carbocycles. The fourth-order valence-corrected chi connectivity index (χ4v) is 5.43. The van der Waals surface area contributed by atoms with E-state index in [9.17, 15) is 0 Å². The molecule has 0 spiro atoms. The summed E-state index contributed by atoms with van der Waals surface area (Å²) in [5.41, 5.74) is 2.20. The maximum absolute atomic E-state index is 6.40. The molecule has 0 saturated heterocycles. The van der Waals surface area contributed by atoms with Gasteiger partial charge < -0.3 is 0 Å². The van der Waals surface area contributed by atoms with Gasteiger partial charge in [0, 0.05) is 21.2 Å². The molecule has 3 aromatic rings. The molecule has 144 valence electrons. The number of halogens is 3. The van der Waals surface area contributed by atoms with Gasteiger partial charge in [0.1, 0.15) is 4.33 Å². The van der Waals surface area contributed by atoms with Crippen LogP contribution in [0.4, 0.5) is 0 Å². The molecule has 2 atom stereocenters. The minimum Gasteiger partial charge on any atom is -0.241 e. The smallest absolute Gasteiger partial charge is 0.209 e. The number of allylic oxidation sites excluding steroid dienone is 1. The SMILES string of the molecule is C=CCn1nc(SC(c2ccccc2)C2CC2(Cl)Cl)nc1-c1ccc(Br)cc1. The van der Waals surface area contributed by atoms with Gasteiger partial charge in [-0.25, -0.2) is 9.67 Å². The van der Waals surface area contributed by atoms with Gasteiger partial charge in [-0.2, -0.15) is 0 Å². The number of thioether (sulfide) groups is 1. The maximum Gasteiger partial charge on any atom is 0.209 e. The number of alkyl halides is 2. The minimum absolute atomic E-state index is 0.105. The first-order valence-corrected chi connectivity index (χ1v) is 11.3. The lowest BCUT2D eigenvalue weighted by Crippen LogP contribution is -2.03. The van der Waals surface area contributed by atoms with Crippen molar-refractivity contribution in [2.75, 3.05) is 0 Å². The van der Waals surface area contributed by atoms with E-state index in [1.807, 2.05) is 53.2 Å². The van der Waals surface area contributed by atoms with E-state index in [0.717, 1.165) is 22.3 Å². The van der Waals surface area contributed by atoms with Crippen LogP contribution in [0.15, 0.2) is 76.9 Å². The van der Waals surface area contributed by atoms with E-state index in [0.29, 0.717) is 11.7 Å². The van der Waals surface area contributed by atoms with Gasteiger partial charge in [0.25, 0.3) is 0 Å². The lowest BCUT2D eigenvalue weighted by molar-refractivity contribution is 0.684. The Morgan fingerprint density at radius 3 is 2.50 bits per heavy atom. The molecule has 0 N–H and O–H groups in total. The number of benzene rings is 2. The van der Waals surface area contributed by atoms with Crippen molar-refractivity contribution in [1.82, 2.24) is 14.8 Å². The highest BCUT2D eigenvalue weighted by molar-refractivity contribution is 9.10. The molecule has 0 amide bonds. The minimum atomic E-state index is -0.675. The Balaban J connectivity index is 1.67. The first-order chi connectivity index (χ1) is 13.5. The van der Waals surface area contributed by atoms with Crippen LogP contribution in [0, 0.1) is 5.92 Å². The molecule has 1 aromatic heterocycles. The Morgan fingerprint density at radius 1 is 1.21 bits per heavy atom. The zero-order valence-electron chi connectivity index (χ0n) is 14.9. The van der Waals surface area contributed by atoms with Crippen molar-refractivity contribution >= 4 is 50.9 Å². The van der Waals surface area contributed by atoms with E-state index in [1.54, 1.807) is 11.8 Å². The molecule has 0 radical (unpaired) electrons. The number of aromatic nitrogens is 3. The van der Waals surface area contributed by atoms with Crippen LogP contribution in [0.3, 0.4) is 0 Å². The fourth-order valence-electron chi connectivity index (χ4n) is 3.13. The largest absolute Gasteiger partial charge is 0.241 e. The number of nitrogens with zero attached hydrogens (tertiary/aromatic N) is 3. The van der Waals surface area contributed by atoms with Crippen molar-refractivity contribution in [2.24, 2.45) is 5.92 Å². The summed E-state index contributed by atoms with van der Waals surface area (Å²) in [5, 5.41) is 5.54. The summed E-state index contributed by atoms with van der Waals surface area (Å²) < 4.78 is 2.23. The predicted molar refractivity (Wildman–Crippen MR) is 121 cm³/mol. The lowest BCUT2D eigenvalue weighted by Gasteiger charge is -2.15. The first kappa shape index (κ1) is 20.0. The standard InChI is InChI=1S/C21H18BrCl2N3S/c1-2-12-27-19(15-8-10-16(22)11-9-15)25-20(26-27)28-18(17-13-21(17,23)24)14-6-4-3-5-7-14/h2-11,17-18H,1,12-13H2. The molecular weight excluding hydrogens is 477 g/mol. The fraction of sp³-hybridized carbons (Fsp3) is 0.238. The molecule has 7 heteroatoms. The van der Waals surface area contributed by atoms with Gasteiger partial charge in [0.05, 0.1) is 6.54 Å².